The van der Waals surface area contributed by atoms with Crippen LogP contribution in [0.5, 0.6) is 0 Å². The average Bonchev–Trinajstić information content (AvgIpc) is 3.16. The van der Waals surface area contributed by atoms with Crippen molar-refractivity contribution < 1.29 is 88.1 Å². The Kier molecular flexibility index (Phi) is 25.7. The summed E-state index contributed by atoms with van der Waals surface area (Å²) in [6.07, 6.45) is -4.29. The quantitative estimate of drug-likeness (QED) is 0.0310. The topological polar surface area (TPSA) is 274 Å². The van der Waals surface area contributed by atoms with Gasteiger partial charge < -0.3 is 68.9 Å². The molecule has 0 aromatic carbocycles. The van der Waals surface area contributed by atoms with E-state index in [1.54, 1.807) is 0 Å². The van der Waals surface area contributed by atoms with Crippen molar-refractivity contribution in [3.05, 3.63) is 0 Å². The Balaban J connectivity index is 1.94. The number of ether oxygens (including phenoxy) is 7. The maximum atomic E-state index is 12.8. The number of esters is 3. The molecular formula is C40H70O18. The van der Waals surface area contributed by atoms with Gasteiger partial charge in [-0.1, -0.05) is 90.4 Å². The van der Waals surface area contributed by atoms with Gasteiger partial charge in [0.15, 0.2) is 18.7 Å². The number of carboxylic acids is 1. The molecule has 0 radical (unpaired) electrons. The molecule has 18 nitrogen and oxygen atoms in total. The van der Waals surface area contributed by atoms with Crippen LogP contribution < -0.4 is 0 Å². The zero-order chi connectivity index (χ0) is 43.0. The molecule has 58 heavy (non-hydrogen) atoms. The fourth-order valence-electron chi connectivity index (χ4n) is 6.85. The second-order valence-electron chi connectivity index (χ2n) is 15.4. The molecule has 0 aromatic rings. The second kappa shape index (κ2) is 28.9. The third-order valence-corrected chi connectivity index (χ3v) is 10.2. The molecular weight excluding hydrogens is 768 g/mol. The number of hydrogen-bond donors (Lipinski definition) is 7. The fraction of sp³-hybridized carbons (Fsp3) is 0.900. The molecule has 2 aliphatic heterocycles. The molecule has 0 aromatic heterocycles. The average molecular weight is 839 g/mol. The van der Waals surface area contributed by atoms with Crippen molar-refractivity contribution in [3.63, 3.8) is 0 Å². The molecule has 2 fully saturated rings. The first kappa shape index (κ1) is 51.6. The molecule has 0 bridgehead atoms. The van der Waals surface area contributed by atoms with Crippen LogP contribution in [0.2, 0.25) is 0 Å². The van der Waals surface area contributed by atoms with Gasteiger partial charge in [0.2, 0.25) is 0 Å². The third kappa shape index (κ3) is 20.2. The predicted octanol–water partition coefficient (Wildman–Crippen LogP) is 2.17. The molecule has 0 aliphatic carbocycles. The van der Waals surface area contributed by atoms with Crippen molar-refractivity contribution >= 4 is 23.9 Å². The SMILES string of the molecule is CCCCCCCC(=O)O[C@H]1[C@H](O[C@H]2[C@H](O)[C@@H](O)[C@H](OC[C@H](O)CCCCCCCCCCC[C@H](O)CC(=O)O)O[C@@H]2COC(C)=O)O[C@H](COC(C)=O)[C@@H](O)[C@@H]1O. The van der Waals surface area contributed by atoms with Crippen molar-refractivity contribution in [2.24, 2.45) is 0 Å². The maximum absolute atomic E-state index is 12.8. The van der Waals surface area contributed by atoms with E-state index in [0.29, 0.717) is 19.3 Å². The summed E-state index contributed by atoms with van der Waals surface area (Å²) < 4.78 is 39.1. The number of aliphatic carboxylic acids is 1. The Morgan fingerprint density at radius 3 is 1.67 bits per heavy atom. The van der Waals surface area contributed by atoms with Gasteiger partial charge in [0.05, 0.1) is 25.2 Å². The normalized spacial score (nSPS) is 28.4. The number of aliphatic hydroxyl groups is 6. The van der Waals surface area contributed by atoms with Gasteiger partial charge >= 0.3 is 23.9 Å². The summed E-state index contributed by atoms with van der Waals surface area (Å²) in [5.74, 6) is -3.09. The van der Waals surface area contributed by atoms with Crippen LogP contribution in [0, 0.1) is 0 Å². The van der Waals surface area contributed by atoms with Crippen molar-refractivity contribution in [1.82, 2.24) is 0 Å². The van der Waals surface area contributed by atoms with Crippen molar-refractivity contribution in [3.8, 4) is 0 Å². The standard InChI is InChI=1S/C40H70O18/c1-4-5-6-12-17-20-32(47)57-38-34(49)33(48)29(23-52-25(2)41)55-40(38)58-37-30(24-53-26(3)42)56-39(36(51)35(37)50)54-22-28(44)19-16-14-11-9-7-8-10-13-15-18-27(43)21-31(45)46/h27-30,33-40,43-44,48-51H,4-24H2,1-3H3,(H,45,46)/t27-,28+,29+,30+,33+,34-,35+,36+,37+,38+,39+,40-/m0/s1. The summed E-state index contributed by atoms with van der Waals surface area (Å²) in [6.45, 7) is 3.11. The number of aliphatic hydroxyl groups excluding tert-OH is 6. The Bertz CT molecular complexity index is 1170. The summed E-state index contributed by atoms with van der Waals surface area (Å²) in [6, 6.07) is 0. The fourth-order valence-corrected chi connectivity index (χ4v) is 6.85. The number of carbonyl (C=O) groups excluding carboxylic acids is 3. The highest BCUT2D eigenvalue weighted by molar-refractivity contribution is 5.69. The largest absolute Gasteiger partial charge is 0.481 e. The van der Waals surface area contributed by atoms with Crippen LogP contribution >= 0.6 is 0 Å². The molecule has 2 heterocycles. The molecule has 0 amide bonds. The first-order chi connectivity index (χ1) is 27.6. The Morgan fingerprint density at radius 1 is 0.603 bits per heavy atom. The Hall–Kier alpha value is -2.52. The van der Waals surface area contributed by atoms with E-state index in [4.69, 9.17) is 38.3 Å². The molecule has 2 saturated heterocycles. The molecule has 2 aliphatic rings. The van der Waals surface area contributed by atoms with Crippen LogP contribution in [0.15, 0.2) is 0 Å². The molecule has 12 atom stereocenters. The van der Waals surface area contributed by atoms with Gasteiger partial charge in [-0.05, 0) is 19.3 Å². The molecule has 18 heteroatoms. The van der Waals surface area contributed by atoms with Gasteiger partial charge in [-0.25, -0.2) is 0 Å². The summed E-state index contributed by atoms with van der Waals surface area (Å²) in [5, 5.41) is 73.1. The Morgan fingerprint density at radius 2 is 1.10 bits per heavy atom. The molecule has 2 rings (SSSR count). The number of carboxylic acid groups (broad SMARTS) is 1. The van der Waals surface area contributed by atoms with E-state index >= 15 is 0 Å². The van der Waals surface area contributed by atoms with E-state index in [1.165, 1.54) is 0 Å². The predicted molar refractivity (Wildman–Crippen MR) is 204 cm³/mol. The lowest BCUT2D eigenvalue weighted by Gasteiger charge is -2.46. The van der Waals surface area contributed by atoms with E-state index in [9.17, 15) is 49.8 Å². The van der Waals surface area contributed by atoms with Gasteiger partial charge in [-0.3, -0.25) is 19.2 Å². The van der Waals surface area contributed by atoms with Gasteiger partial charge in [0, 0.05) is 20.3 Å². The minimum absolute atomic E-state index is 0.00885. The van der Waals surface area contributed by atoms with Gasteiger partial charge in [0.25, 0.3) is 0 Å². The van der Waals surface area contributed by atoms with Crippen molar-refractivity contribution in [2.45, 2.75) is 210 Å². The van der Waals surface area contributed by atoms with Crippen LogP contribution in [0.1, 0.15) is 136 Å². The van der Waals surface area contributed by atoms with E-state index in [-0.39, 0.29) is 19.4 Å². The highest BCUT2D eigenvalue weighted by atomic mass is 16.8. The van der Waals surface area contributed by atoms with Crippen molar-refractivity contribution in [2.75, 3.05) is 19.8 Å². The lowest BCUT2D eigenvalue weighted by molar-refractivity contribution is -0.361. The number of rotatable bonds is 30. The molecule has 0 spiro atoms. The minimum atomic E-state index is -1.78. The summed E-state index contributed by atoms with van der Waals surface area (Å²) in [5.41, 5.74) is 0. The van der Waals surface area contributed by atoms with Crippen LogP contribution in [-0.4, -0.2) is 153 Å². The third-order valence-electron chi connectivity index (χ3n) is 10.2. The van der Waals surface area contributed by atoms with Crippen LogP contribution in [-0.2, 0) is 52.3 Å². The first-order valence-corrected chi connectivity index (χ1v) is 21.0. The summed E-state index contributed by atoms with van der Waals surface area (Å²) in [7, 11) is 0. The molecule has 0 unspecified atom stereocenters. The maximum Gasteiger partial charge on any atom is 0.306 e. The molecule has 7 N–H and O–H groups in total. The second-order valence-corrected chi connectivity index (χ2v) is 15.4. The molecule has 0 saturated carbocycles. The van der Waals surface area contributed by atoms with E-state index in [2.05, 4.69) is 6.92 Å². The van der Waals surface area contributed by atoms with Crippen LogP contribution in [0.4, 0.5) is 0 Å². The van der Waals surface area contributed by atoms with Gasteiger partial charge in [0.1, 0.15) is 55.9 Å². The number of hydrogen-bond acceptors (Lipinski definition) is 17. The molecule has 338 valence electrons. The van der Waals surface area contributed by atoms with E-state index < -0.39 is 111 Å². The zero-order valence-electron chi connectivity index (χ0n) is 34.4. The van der Waals surface area contributed by atoms with Crippen LogP contribution in [0.3, 0.4) is 0 Å². The Labute approximate surface area is 341 Å². The van der Waals surface area contributed by atoms with E-state index in [0.717, 1.165) is 97.3 Å². The lowest BCUT2D eigenvalue weighted by atomic mass is 9.96. The van der Waals surface area contributed by atoms with Crippen LogP contribution in [0.25, 0.3) is 0 Å². The summed E-state index contributed by atoms with van der Waals surface area (Å²) >= 11 is 0. The van der Waals surface area contributed by atoms with Crippen molar-refractivity contribution in [1.29, 1.82) is 0 Å². The lowest BCUT2D eigenvalue weighted by Crippen LogP contribution is -2.65. The van der Waals surface area contributed by atoms with E-state index in [1.807, 2.05) is 0 Å². The highest BCUT2D eigenvalue weighted by Crippen LogP contribution is 2.32. The monoisotopic (exact) mass is 838 g/mol. The van der Waals surface area contributed by atoms with Gasteiger partial charge in [-0.2, -0.15) is 0 Å². The number of unbranched alkanes of at least 4 members (excludes halogenated alkanes) is 12. The van der Waals surface area contributed by atoms with Gasteiger partial charge in [-0.15, -0.1) is 0 Å². The number of carbonyl (C=O) groups is 4. The first-order valence-electron chi connectivity index (χ1n) is 21.0. The smallest absolute Gasteiger partial charge is 0.306 e. The minimum Gasteiger partial charge on any atom is -0.481 e. The zero-order valence-corrected chi connectivity index (χ0v) is 34.4. The summed E-state index contributed by atoms with van der Waals surface area (Å²) in [4.78, 5) is 46.7. The highest BCUT2D eigenvalue weighted by Gasteiger charge is 2.53.